The molecule has 11 nitrogen and oxygen atoms in total. The molecule has 0 unspecified atom stereocenters. The number of nitrogens with zero attached hydrogens (tertiary/aromatic N) is 2. The molecule has 3 heterocycles. The number of nitrogens with one attached hydrogen (secondary N) is 2. The van der Waals surface area contributed by atoms with Gasteiger partial charge in [0.25, 0.3) is 5.91 Å². The first-order valence-electron chi connectivity index (χ1n) is 9.07. The lowest BCUT2D eigenvalue weighted by atomic mass is 10.1. The molecule has 3 aromatic heterocycles. The third kappa shape index (κ3) is 5.04. The fourth-order valence-corrected chi connectivity index (χ4v) is 3.86. The zero-order valence-electron chi connectivity index (χ0n) is 16.2. The molecule has 31 heavy (non-hydrogen) atoms. The second-order valence-corrected chi connectivity index (χ2v) is 7.85. The minimum absolute atomic E-state index is 0.0560. The number of rotatable bonds is 9. The predicted molar refractivity (Wildman–Crippen MR) is 108 cm³/mol. The first-order chi connectivity index (χ1) is 14.7. The van der Waals surface area contributed by atoms with Gasteiger partial charge in [-0.3, -0.25) is 14.4 Å². The van der Waals surface area contributed by atoms with E-state index in [0.717, 1.165) is 11.3 Å². The molecule has 0 aliphatic carbocycles. The highest BCUT2D eigenvalue weighted by Gasteiger charge is 2.23. The van der Waals surface area contributed by atoms with Crippen molar-refractivity contribution in [1.82, 2.24) is 20.3 Å². The van der Waals surface area contributed by atoms with E-state index in [1.165, 1.54) is 12.3 Å². The number of carbonyl (C=O) groups is 4. The van der Waals surface area contributed by atoms with E-state index < -0.39 is 30.3 Å². The summed E-state index contributed by atoms with van der Waals surface area (Å²) in [6.45, 7) is 1.61. The highest BCUT2D eigenvalue weighted by atomic mass is 32.1. The van der Waals surface area contributed by atoms with Gasteiger partial charge in [0.05, 0.1) is 15.8 Å². The fraction of sp³-hybridized carbons (Fsp3) is 0.263. The summed E-state index contributed by atoms with van der Waals surface area (Å²) in [5.74, 6) is -3.45. The number of ketones is 1. The number of thiophene rings is 1. The number of aromatic amines is 1. The molecule has 3 aromatic rings. The van der Waals surface area contributed by atoms with Crippen LogP contribution in [0.1, 0.15) is 43.6 Å². The number of hydrogen-bond acceptors (Lipinski definition) is 8. The Hall–Kier alpha value is -3.80. The number of amides is 1. The molecule has 0 spiro atoms. The van der Waals surface area contributed by atoms with Gasteiger partial charge < -0.3 is 25.6 Å². The third-order valence-corrected chi connectivity index (χ3v) is 5.48. The van der Waals surface area contributed by atoms with Crippen LogP contribution >= 0.6 is 11.3 Å². The van der Waals surface area contributed by atoms with E-state index in [2.05, 4.69) is 20.3 Å². The number of H-pyrrole nitrogens is 1. The highest BCUT2D eigenvalue weighted by molar-refractivity contribution is 7.14. The Morgan fingerprint density at radius 3 is 2.61 bits per heavy atom. The van der Waals surface area contributed by atoms with Crippen molar-refractivity contribution >= 4 is 46.0 Å². The normalized spacial score (nSPS) is 11.9. The van der Waals surface area contributed by atoms with Crippen LogP contribution in [0.4, 0.5) is 0 Å². The summed E-state index contributed by atoms with van der Waals surface area (Å²) in [4.78, 5) is 58.5. The summed E-state index contributed by atoms with van der Waals surface area (Å²) in [6.07, 6.45) is 0.725. The molecular weight excluding hydrogens is 428 g/mol. The van der Waals surface area contributed by atoms with Crippen molar-refractivity contribution in [2.75, 3.05) is 0 Å². The standard InChI is InChI=1S/C19H18N4O7S/c1-8-21-16-15(18(28)22-8)10(7-20-16)12(24)6-9-2-4-13(31-9)17(27)23-11(19(29)30)3-5-14(25)26/h2,4,7,11H,3,5-6H2,1H3,(H,23,27)(H,25,26)(H,29,30)(H2,20,21,22,28)/t11-/m0/s1. The fourth-order valence-electron chi connectivity index (χ4n) is 2.95. The Morgan fingerprint density at radius 1 is 1.19 bits per heavy atom. The lowest BCUT2D eigenvalue weighted by Crippen LogP contribution is -2.40. The molecule has 1 atom stereocenters. The van der Waals surface area contributed by atoms with Gasteiger partial charge in [0.15, 0.2) is 5.78 Å². The summed E-state index contributed by atoms with van der Waals surface area (Å²) >= 11 is 1.01. The number of carboxylic acids is 2. The Bertz CT molecular complexity index is 1180. The van der Waals surface area contributed by atoms with Crippen molar-refractivity contribution < 1.29 is 34.5 Å². The summed E-state index contributed by atoms with van der Waals surface area (Å²) in [5, 5.41) is 30.4. The second-order valence-electron chi connectivity index (χ2n) is 6.68. The molecule has 1 amide bonds. The molecule has 3 rings (SSSR count). The van der Waals surface area contributed by atoms with Crippen LogP contribution in [0.25, 0.3) is 11.0 Å². The molecule has 0 saturated heterocycles. The van der Waals surface area contributed by atoms with Crippen molar-refractivity contribution in [2.45, 2.75) is 32.2 Å². The van der Waals surface area contributed by atoms with Gasteiger partial charge in [-0.05, 0) is 25.5 Å². The van der Waals surface area contributed by atoms with Crippen LogP contribution in [0, 0.1) is 6.92 Å². The van der Waals surface area contributed by atoms with E-state index in [0.29, 0.717) is 16.3 Å². The molecule has 5 N–H and O–H groups in total. The predicted octanol–water partition coefficient (Wildman–Crippen LogP) is 1.51. The van der Waals surface area contributed by atoms with Crippen LogP contribution < -0.4 is 5.32 Å². The topological polar surface area (TPSA) is 183 Å². The monoisotopic (exact) mass is 446 g/mol. The van der Waals surface area contributed by atoms with Gasteiger partial charge >= 0.3 is 11.9 Å². The van der Waals surface area contributed by atoms with Crippen molar-refractivity contribution in [3.63, 3.8) is 0 Å². The molecule has 0 aliphatic rings. The van der Waals surface area contributed by atoms with E-state index in [9.17, 15) is 24.3 Å². The quantitative estimate of drug-likeness (QED) is 0.304. The average Bonchev–Trinajstić information content (AvgIpc) is 3.31. The smallest absolute Gasteiger partial charge is 0.326 e. The molecule has 0 aliphatic heterocycles. The number of aryl methyl sites for hydroxylation is 1. The van der Waals surface area contributed by atoms with E-state index in [-0.39, 0.29) is 40.3 Å². The van der Waals surface area contributed by atoms with Gasteiger partial charge in [-0.15, -0.1) is 11.3 Å². The van der Waals surface area contributed by atoms with Crippen molar-refractivity contribution in [2.24, 2.45) is 0 Å². The maximum absolute atomic E-state index is 12.7. The Labute approximate surface area is 178 Å². The third-order valence-electron chi connectivity index (χ3n) is 4.40. The zero-order valence-corrected chi connectivity index (χ0v) is 17.0. The average molecular weight is 446 g/mol. The maximum atomic E-state index is 12.7. The SMILES string of the molecule is Cc1nc(O)c2c(C(=O)Cc3ccc(C(=O)N[C@@H](CCC(=O)O)C(=O)O)s3)c[nH]c2n1. The lowest BCUT2D eigenvalue weighted by molar-refractivity contribution is -0.140. The Morgan fingerprint density at radius 2 is 1.94 bits per heavy atom. The Kier molecular flexibility index (Phi) is 6.30. The lowest BCUT2D eigenvalue weighted by Gasteiger charge is -2.12. The summed E-state index contributed by atoms with van der Waals surface area (Å²) in [7, 11) is 0. The minimum Gasteiger partial charge on any atom is -0.493 e. The van der Waals surface area contributed by atoms with E-state index in [1.54, 1.807) is 13.0 Å². The molecule has 0 bridgehead atoms. The zero-order chi connectivity index (χ0) is 22.7. The van der Waals surface area contributed by atoms with Crippen LogP contribution in [0.15, 0.2) is 18.3 Å². The molecular formula is C19H18N4O7S. The van der Waals surface area contributed by atoms with Crippen LogP contribution in [-0.2, 0) is 16.0 Å². The summed E-state index contributed by atoms with van der Waals surface area (Å²) in [5.41, 5.74) is 0.548. The van der Waals surface area contributed by atoms with Crippen LogP contribution in [0.3, 0.4) is 0 Å². The number of aliphatic carboxylic acids is 2. The molecule has 0 fully saturated rings. The number of hydrogen-bond donors (Lipinski definition) is 5. The van der Waals surface area contributed by atoms with Gasteiger partial charge in [-0.25, -0.2) is 9.78 Å². The number of Topliss-reactive ketones (excluding diaryl/α,β-unsaturated/α-hetero) is 1. The summed E-state index contributed by atoms with van der Waals surface area (Å²) in [6, 6.07) is 1.69. The van der Waals surface area contributed by atoms with Gasteiger partial charge in [-0.2, -0.15) is 4.98 Å². The summed E-state index contributed by atoms with van der Waals surface area (Å²) < 4.78 is 0. The Balaban J connectivity index is 1.71. The van der Waals surface area contributed by atoms with Crippen molar-refractivity contribution in [3.8, 4) is 5.88 Å². The number of aromatic nitrogens is 3. The highest BCUT2D eigenvalue weighted by Crippen LogP contribution is 2.27. The molecule has 0 saturated carbocycles. The van der Waals surface area contributed by atoms with Crippen LogP contribution in [-0.4, -0.2) is 59.9 Å². The maximum Gasteiger partial charge on any atom is 0.326 e. The second kappa shape index (κ2) is 8.92. The molecule has 12 heteroatoms. The number of fused-ring (bicyclic) bond motifs is 1. The number of carboxylic acid groups (broad SMARTS) is 2. The number of carbonyl (C=O) groups excluding carboxylic acids is 2. The first-order valence-corrected chi connectivity index (χ1v) is 9.89. The van der Waals surface area contributed by atoms with Crippen molar-refractivity contribution in [3.05, 3.63) is 39.5 Å². The van der Waals surface area contributed by atoms with Gasteiger partial charge in [0.2, 0.25) is 5.88 Å². The number of aromatic hydroxyl groups is 1. The van der Waals surface area contributed by atoms with E-state index in [1.807, 2.05) is 0 Å². The van der Waals surface area contributed by atoms with Gasteiger partial charge in [-0.1, -0.05) is 0 Å². The van der Waals surface area contributed by atoms with Crippen LogP contribution in [0.5, 0.6) is 5.88 Å². The van der Waals surface area contributed by atoms with E-state index >= 15 is 0 Å². The molecule has 162 valence electrons. The van der Waals surface area contributed by atoms with Gasteiger partial charge in [0, 0.05) is 23.9 Å². The first kappa shape index (κ1) is 21.9. The minimum atomic E-state index is -1.34. The van der Waals surface area contributed by atoms with E-state index in [4.69, 9.17) is 10.2 Å². The van der Waals surface area contributed by atoms with Crippen LogP contribution in [0.2, 0.25) is 0 Å². The largest absolute Gasteiger partial charge is 0.493 e. The molecule has 0 radical (unpaired) electrons. The molecule has 0 aromatic carbocycles. The van der Waals surface area contributed by atoms with Crippen molar-refractivity contribution in [1.29, 1.82) is 0 Å². The van der Waals surface area contributed by atoms with Gasteiger partial charge in [0.1, 0.15) is 17.5 Å².